The van der Waals surface area contributed by atoms with E-state index in [1.807, 2.05) is 12.3 Å². The first-order chi connectivity index (χ1) is 9.58. The van der Waals surface area contributed by atoms with Crippen LogP contribution < -0.4 is 5.32 Å². The summed E-state index contributed by atoms with van der Waals surface area (Å²) in [6.07, 6.45) is 0.795. The number of ether oxygens (including phenoxy) is 1. The second-order valence-corrected chi connectivity index (χ2v) is 5.53. The first-order valence-corrected chi connectivity index (χ1v) is 7.22. The molecule has 1 saturated heterocycles. The summed E-state index contributed by atoms with van der Waals surface area (Å²) in [4.78, 5) is 28.5. The molecule has 1 aromatic rings. The lowest BCUT2D eigenvalue weighted by Gasteiger charge is -2.31. The zero-order chi connectivity index (χ0) is 14.5. The van der Waals surface area contributed by atoms with Crippen LogP contribution in [0.5, 0.6) is 0 Å². The van der Waals surface area contributed by atoms with Gasteiger partial charge >= 0.3 is 12.0 Å². The van der Waals surface area contributed by atoms with E-state index in [9.17, 15) is 9.59 Å². The molecule has 7 nitrogen and oxygen atoms in total. The maximum Gasteiger partial charge on any atom is 0.334 e. The van der Waals surface area contributed by atoms with E-state index in [4.69, 9.17) is 9.84 Å². The number of rotatable bonds is 4. The fourth-order valence-electron chi connectivity index (χ4n) is 1.90. The molecular weight excluding hydrogens is 282 g/mol. The maximum atomic E-state index is 12.0. The minimum absolute atomic E-state index is 0.0762. The number of aliphatic carboxylic acids is 1. The molecule has 0 bridgehead atoms. The Morgan fingerprint density at radius 2 is 2.50 bits per heavy atom. The lowest BCUT2D eigenvalue weighted by molar-refractivity contribution is -0.154. The second kappa shape index (κ2) is 6.67. The van der Waals surface area contributed by atoms with Gasteiger partial charge in [-0.2, -0.15) is 0 Å². The normalized spacial score (nSPS) is 20.4. The van der Waals surface area contributed by atoms with Gasteiger partial charge in [0.25, 0.3) is 0 Å². The summed E-state index contributed by atoms with van der Waals surface area (Å²) < 4.78 is 5.07. The molecule has 20 heavy (non-hydrogen) atoms. The third-order valence-corrected chi connectivity index (χ3v) is 4.07. The number of carbonyl (C=O) groups is 2. The Hall–Kier alpha value is -1.67. The van der Waals surface area contributed by atoms with E-state index in [1.54, 1.807) is 17.5 Å². The molecule has 2 heterocycles. The maximum absolute atomic E-state index is 12.0. The Morgan fingerprint density at radius 3 is 3.15 bits per heavy atom. The highest BCUT2D eigenvalue weighted by atomic mass is 32.1. The van der Waals surface area contributed by atoms with Crippen LogP contribution in [0.3, 0.4) is 0 Å². The largest absolute Gasteiger partial charge is 0.479 e. The Balaban J connectivity index is 1.81. The first-order valence-electron chi connectivity index (χ1n) is 6.34. The smallest absolute Gasteiger partial charge is 0.334 e. The first kappa shape index (κ1) is 14.7. The van der Waals surface area contributed by atoms with Crippen molar-refractivity contribution in [1.82, 2.24) is 15.2 Å². The molecule has 2 unspecified atom stereocenters. The van der Waals surface area contributed by atoms with E-state index in [0.717, 1.165) is 5.01 Å². The summed E-state index contributed by atoms with van der Waals surface area (Å²) in [6.45, 7) is 3.18. The van der Waals surface area contributed by atoms with E-state index in [2.05, 4.69) is 10.3 Å². The Bertz CT molecular complexity index is 465. The van der Waals surface area contributed by atoms with Crippen LogP contribution in [-0.4, -0.2) is 59.3 Å². The summed E-state index contributed by atoms with van der Waals surface area (Å²) in [5.41, 5.74) is 0. The number of hydrogen-bond acceptors (Lipinski definition) is 5. The molecule has 1 aromatic heterocycles. The van der Waals surface area contributed by atoms with Crippen molar-refractivity contribution < 1.29 is 19.4 Å². The predicted octanol–water partition coefficient (Wildman–Crippen LogP) is 0.742. The quantitative estimate of drug-likeness (QED) is 0.855. The molecule has 2 amide bonds. The highest BCUT2D eigenvalue weighted by Gasteiger charge is 2.29. The SMILES string of the molecule is CC(CNC(=O)N1CCOC(C(=O)O)C1)c1nccs1. The average molecular weight is 299 g/mol. The van der Waals surface area contributed by atoms with Gasteiger partial charge in [-0.1, -0.05) is 6.92 Å². The van der Waals surface area contributed by atoms with Crippen LogP contribution in [0.4, 0.5) is 4.79 Å². The molecule has 110 valence electrons. The van der Waals surface area contributed by atoms with Crippen LogP contribution in [0, 0.1) is 0 Å². The van der Waals surface area contributed by atoms with E-state index >= 15 is 0 Å². The topological polar surface area (TPSA) is 91.8 Å². The van der Waals surface area contributed by atoms with Gasteiger partial charge in [0.05, 0.1) is 18.2 Å². The molecule has 1 aliphatic rings. The van der Waals surface area contributed by atoms with Crippen molar-refractivity contribution in [3.05, 3.63) is 16.6 Å². The van der Waals surface area contributed by atoms with E-state index < -0.39 is 12.1 Å². The van der Waals surface area contributed by atoms with Crippen LogP contribution in [0.25, 0.3) is 0 Å². The van der Waals surface area contributed by atoms with Crippen LogP contribution in [0.2, 0.25) is 0 Å². The van der Waals surface area contributed by atoms with Crippen molar-refractivity contribution >= 4 is 23.3 Å². The van der Waals surface area contributed by atoms with Gasteiger partial charge < -0.3 is 20.1 Å². The summed E-state index contributed by atoms with van der Waals surface area (Å²) in [5, 5.41) is 14.6. The standard InChI is InChI=1S/C12H17N3O4S/c1-8(10-13-2-5-20-10)6-14-12(18)15-3-4-19-9(7-15)11(16)17/h2,5,8-9H,3-4,6-7H2,1H3,(H,14,18)(H,16,17). The predicted molar refractivity (Wildman–Crippen MR) is 72.9 cm³/mol. The fraction of sp³-hybridized carbons (Fsp3) is 0.583. The monoisotopic (exact) mass is 299 g/mol. The van der Waals surface area contributed by atoms with Gasteiger partial charge in [-0.05, 0) is 0 Å². The number of morpholine rings is 1. The van der Waals surface area contributed by atoms with E-state index in [-0.39, 0.29) is 25.1 Å². The molecule has 0 spiro atoms. The summed E-state index contributed by atoms with van der Waals surface area (Å²) in [7, 11) is 0. The number of carboxylic acids is 1. The number of aromatic nitrogens is 1. The number of amides is 2. The van der Waals surface area contributed by atoms with Crippen molar-refractivity contribution in [2.24, 2.45) is 0 Å². The second-order valence-electron chi connectivity index (χ2n) is 4.60. The third-order valence-electron chi connectivity index (χ3n) is 3.06. The van der Waals surface area contributed by atoms with Gasteiger partial charge in [-0.15, -0.1) is 11.3 Å². The minimum atomic E-state index is -1.04. The molecular formula is C12H17N3O4S. The zero-order valence-electron chi connectivity index (χ0n) is 11.1. The number of nitrogens with one attached hydrogen (secondary N) is 1. The minimum Gasteiger partial charge on any atom is -0.479 e. The average Bonchev–Trinajstić information content (AvgIpc) is 2.98. The van der Waals surface area contributed by atoms with Gasteiger partial charge in [0.2, 0.25) is 0 Å². The number of hydrogen-bond donors (Lipinski definition) is 2. The van der Waals surface area contributed by atoms with Gasteiger partial charge in [0.1, 0.15) is 0 Å². The van der Waals surface area contributed by atoms with Crippen LogP contribution in [0.1, 0.15) is 17.8 Å². The zero-order valence-corrected chi connectivity index (χ0v) is 11.9. The van der Waals surface area contributed by atoms with Gasteiger partial charge in [-0.25, -0.2) is 14.6 Å². The molecule has 0 aromatic carbocycles. The summed E-state index contributed by atoms with van der Waals surface area (Å²) in [5.74, 6) is -0.908. The highest BCUT2D eigenvalue weighted by Crippen LogP contribution is 2.16. The van der Waals surface area contributed by atoms with Gasteiger partial charge in [0, 0.05) is 30.6 Å². The van der Waals surface area contributed by atoms with Gasteiger partial charge in [-0.3, -0.25) is 0 Å². The number of nitrogens with zero attached hydrogens (tertiary/aromatic N) is 2. The Kier molecular flexibility index (Phi) is 4.91. The summed E-state index contributed by atoms with van der Waals surface area (Å²) >= 11 is 1.55. The van der Waals surface area contributed by atoms with E-state index in [0.29, 0.717) is 13.1 Å². The molecule has 8 heteroatoms. The van der Waals surface area contributed by atoms with Gasteiger partial charge in [0.15, 0.2) is 6.10 Å². The van der Waals surface area contributed by atoms with Crippen LogP contribution in [-0.2, 0) is 9.53 Å². The Morgan fingerprint density at radius 1 is 1.70 bits per heavy atom. The Labute approximate surface area is 120 Å². The summed E-state index contributed by atoms with van der Waals surface area (Å²) in [6, 6.07) is -0.261. The van der Waals surface area contributed by atoms with Crippen molar-refractivity contribution in [2.45, 2.75) is 18.9 Å². The van der Waals surface area contributed by atoms with Crippen molar-refractivity contribution in [1.29, 1.82) is 0 Å². The number of thiazole rings is 1. The molecule has 2 rings (SSSR count). The lowest BCUT2D eigenvalue weighted by atomic mass is 10.2. The van der Waals surface area contributed by atoms with Crippen molar-refractivity contribution in [2.75, 3.05) is 26.2 Å². The molecule has 0 radical (unpaired) electrons. The molecule has 1 aliphatic heterocycles. The molecule has 0 aliphatic carbocycles. The number of carbonyl (C=O) groups excluding carboxylic acids is 1. The molecule has 1 fully saturated rings. The molecule has 2 N–H and O–H groups in total. The van der Waals surface area contributed by atoms with E-state index in [1.165, 1.54) is 4.90 Å². The van der Waals surface area contributed by atoms with Crippen LogP contribution in [0.15, 0.2) is 11.6 Å². The van der Waals surface area contributed by atoms with Crippen molar-refractivity contribution in [3.8, 4) is 0 Å². The van der Waals surface area contributed by atoms with Crippen molar-refractivity contribution in [3.63, 3.8) is 0 Å². The third kappa shape index (κ3) is 3.67. The molecule has 2 atom stereocenters. The molecule has 0 saturated carbocycles. The van der Waals surface area contributed by atoms with Crippen LogP contribution >= 0.6 is 11.3 Å². The number of urea groups is 1. The highest BCUT2D eigenvalue weighted by molar-refractivity contribution is 7.09. The lowest BCUT2D eigenvalue weighted by Crippen LogP contribution is -2.52. The fourth-order valence-corrected chi connectivity index (χ4v) is 2.60. The number of carboxylic acid groups (broad SMARTS) is 1.